The molecule has 3 N–H and O–H groups in total. The summed E-state index contributed by atoms with van der Waals surface area (Å²) in [4.78, 5) is 12.3. The van der Waals surface area contributed by atoms with Gasteiger partial charge in [0.25, 0.3) is 5.91 Å². The van der Waals surface area contributed by atoms with Crippen LogP contribution in [0.3, 0.4) is 0 Å². The van der Waals surface area contributed by atoms with Crippen molar-refractivity contribution < 1.29 is 4.79 Å². The van der Waals surface area contributed by atoms with Crippen LogP contribution in [0, 0.1) is 0 Å². The van der Waals surface area contributed by atoms with Crippen molar-refractivity contribution in [1.82, 2.24) is 4.57 Å². The van der Waals surface area contributed by atoms with Crippen LogP contribution in [0.5, 0.6) is 0 Å². The number of nitrogens with zero attached hydrogens (tertiary/aromatic N) is 1. The third-order valence-corrected chi connectivity index (χ3v) is 3.17. The van der Waals surface area contributed by atoms with Crippen LogP contribution in [0.15, 0.2) is 30.5 Å². The van der Waals surface area contributed by atoms with Gasteiger partial charge in [0.05, 0.1) is 5.69 Å². The van der Waals surface area contributed by atoms with Crippen molar-refractivity contribution in [3.05, 3.63) is 46.2 Å². The number of nitrogens with two attached hydrogens (primary N) is 1. The predicted molar refractivity (Wildman–Crippen MR) is 83.6 cm³/mol. The molecule has 0 fully saturated rings. The van der Waals surface area contributed by atoms with E-state index in [-0.39, 0.29) is 5.91 Å². The van der Waals surface area contributed by atoms with Crippen LogP contribution >= 0.6 is 23.2 Å². The Bertz CT molecular complexity index is 617. The Morgan fingerprint density at radius 3 is 2.50 bits per heavy atom. The smallest absolute Gasteiger partial charge is 0.272 e. The average molecular weight is 312 g/mol. The lowest BCUT2D eigenvalue weighted by molar-refractivity contribution is 0.101. The highest BCUT2D eigenvalue weighted by Crippen LogP contribution is 2.23. The maximum absolute atomic E-state index is 12.3. The van der Waals surface area contributed by atoms with Crippen LogP contribution in [0.1, 0.15) is 23.8 Å². The van der Waals surface area contributed by atoms with Gasteiger partial charge in [-0.05, 0) is 30.7 Å². The van der Waals surface area contributed by atoms with Crippen LogP contribution in [-0.4, -0.2) is 10.5 Å². The van der Waals surface area contributed by atoms with E-state index in [1.807, 2.05) is 11.5 Å². The third kappa shape index (κ3) is 3.46. The Balaban J connectivity index is 2.23. The molecule has 1 aromatic carbocycles. The molecule has 0 radical (unpaired) electrons. The number of hydrogen-bond donors (Lipinski definition) is 2. The van der Waals surface area contributed by atoms with Gasteiger partial charge < -0.3 is 15.6 Å². The van der Waals surface area contributed by atoms with Gasteiger partial charge in [0.1, 0.15) is 5.69 Å². The topological polar surface area (TPSA) is 60.0 Å². The minimum absolute atomic E-state index is 0.242. The van der Waals surface area contributed by atoms with Crippen LogP contribution in [-0.2, 0) is 6.54 Å². The first kappa shape index (κ1) is 14.8. The number of hydrogen-bond acceptors (Lipinski definition) is 2. The number of aryl methyl sites for hydroxylation is 1. The molecule has 1 amide bonds. The number of amides is 1. The van der Waals surface area contributed by atoms with E-state index in [0.717, 1.165) is 13.0 Å². The van der Waals surface area contributed by atoms with Crippen LogP contribution in [0.2, 0.25) is 10.0 Å². The van der Waals surface area contributed by atoms with Crippen molar-refractivity contribution in [2.75, 3.05) is 11.1 Å². The largest absolute Gasteiger partial charge is 0.397 e. The quantitative estimate of drug-likeness (QED) is 0.895. The van der Waals surface area contributed by atoms with Gasteiger partial charge in [0.2, 0.25) is 0 Å². The van der Waals surface area contributed by atoms with Gasteiger partial charge in [-0.3, -0.25) is 4.79 Å². The number of aromatic nitrogens is 1. The Hall–Kier alpha value is -1.65. The van der Waals surface area contributed by atoms with E-state index in [4.69, 9.17) is 28.9 Å². The number of benzene rings is 1. The molecule has 0 aliphatic rings. The summed E-state index contributed by atoms with van der Waals surface area (Å²) >= 11 is 11.8. The highest BCUT2D eigenvalue weighted by atomic mass is 35.5. The van der Waals surface area contributed by atoms with E-state index in [9.17, 15) is 4.79 Å². The fourth-order valence-corrected chi connectivity index (χ4v) is 2.50. The predicted octanol–water partition coefficient (Wildman–Crippen LogP) is 4.04. The fourth-order valence-electron chi connectivity index (χ4n) is 1.97. The Kier molecular flexibility index (Phi) is 4.57. The summed E-state index contributed by atoms with van der Waals surface area (Å²) in [5.74, 6) is -0.242. The maximum Gasteiger partial charge on any atom is 0.272 e. The van der Waals surface area contributed by atoms with Gasteiger partial charge in [-0.1, -0.05) is 30.1 Å². The van der Waals surface area contributed by atoms with Crippen LogP contribution in [0.4, 0.5) is 11.4 Å². The first-order valence-corrected chi connectivity index (χ1v) is 6.98. The lowest BCUT2D eigenvalue weighted by atomic mass is 10.3. The molecular formula is C14H15Cl2N3O. The van der Waals surface area contributed by atoms with Crippen LogP contribution < -0.4 is 11.1 Å². The van der Waals surface area contributed by atoms with Gasteiger partial charge in [-0.2, -0.15) is 0 Å². The molecule has 2 rings (SSSR count). The summed E-state index contributed by atoms with van der Waals surface area (Å²) in [6, 6.07) is 6.54. The molecule has 0 bridgehead atoms. The zero-order valence-electron chi connectivity index (χ0n) is 11.0. The van der Waals surface area contributed by atoms with E-state index >= 15 is 0 Å². The van der Waals surface area contributed by atoms with Crippen molar-refractivity contribution >= 4 is 40.5 Å². The van der Waals surface area contributed by atoms with E-state index < -0.39 is 0 Å². The average Bonchev–Trinajstić information content (AvgIpc) is 2.69. The van der Waals surface area contributed by atoms with Gasteiger partial charge in [0, 0.05) is 28.5 Å². The summed E-state index contributed by atoms with van der Waals surface area (Å²) in [6.07, 6.45) is 2.67. The van der Waals surface area contributed by atoms with Gasteiger partial charge >= 0.3 is 0 Å². The summed E-state index contributed by atoms with van der Waals surface area (Å²) in [7, 11) is 0. The van der Waals surface area contributed by atoms with Crippen molar-refractivity contribution in [3.63, 3.8) is 0 Å². The molecule has 106 valence electrons. The normalized spacial score (nSPS) is 10.6. The number of nitrogens with one attached hydrogen (secondary N) is 1. The maximum atomic E-state index is 12.3. The first-order valence-electron chi connectivity index (χ1n) is 6.22. The number of carbonyl (C=O) groups excluding carboxylic acids is 1. The lowest BCUT2D eigenvalue weighted by Crippen LogP contribution is -2.16. The number of halogens is 2. The van der Waals surface area contributed by atoms with E-state index in [1.165, 1.54) is 0 Å². The second-order valence-corrected chi connectivity index (χ2v) is 5.34. The summed E-state index contributed by atoms with van der Waals surface area (Å²) < 4.78 is 1.83. The minimum atomic E-state index is -0.242. The molecule has 0 atom stereocenters. The fraction of sp³-hybridized carbons (Fsp3) is 0.214. The highest BCUT2D eigenvalue weighted by molar-refractivity contribution is 6.35. The van der Waals surface area contributed by atoms with Crippen LogP contribution in [0.25, 0.3) is 0 Å². The molecule has 0 aliphatic carbocycles. The van der Waals surface area contributed by atoms with E-state index in [2.05, 4.69) is 5.32 Å². The van der Waals surface area contributed by atoms with Crippen molar-refractivity contribution in [2.24, 2.45) is 0 Å². The molecule has 6 heteroatoms. The van der Waals surface area contributed by atoms with Gasteiger partial charge in [-0.25, -0.2) is 0 Å². The van der Waals surface area contributed by atoms with E-state index in [1.54, 1.807) is 30.5 Å². The SMILES string of the molecule is CCCn1cc(N)cc1C(=O)Nc1cc(Cl)cc(Cl)c1. The number of carbonyl (C=O) groups is 1. The lowest BCUT2D eigenvalue weighted by Gasteiger charge is -2.09. The van der Waals surface area contributed by atoms with Crippen molar-refractivity contribution in [2.45, 2.75) is 19.9 Å². The number of nitrogen functional groups attached to an aromatic ring is 1. The minimum Gasteiger partial charge on any atom is -0.397 e. The van der Waals surface area contributed by atoms with Crippen molar-refractivity contribution in [1.29, 1.82) is 0 Å². The zero-order valence-corrected chi connectivity index (χ0v) is 12.5. The second kappa shape index (κ2) is 6.20. The monoisotopic (exact) mass is 311 g/mol. The molecule has 0 saturated heterocycles. The highest BCUT2D eigenvalue weighted by Gasteiger charge is 2.13. The summed E-state index contributed by atoms with van der Waals surface area (Å²) in [5.41, 5.74) is 7.37. The van der Waals surface area contributed by atoms with Gasteiger partial charge in [0.15, 0.2) is 0 Å². The second-order valence-electron chi connectivity index (χ2n) is 4.46. The molecule has 0 unspecified atom stereocenters. The Morgan fingerprint density at radius 1 is 1.25 bits per heavy atom. The molecule has 0 spiro atoms. The summed E-state index contributed by atoms with van der Waals surface area (Å²) in [6.45, 7) is 2.77. The molecule has 2 aromatic rings. The third-order valence-electron chi connectivity index (χ3n) is 2.74. The molecule has 0 aliphatic heterocycles. The first-order chi connectivity index (χ1) is 9.49. The summed E-state index contributed by atoms with van der Waals surface area (Å²) in [5, 5.41) is 3.71. The number of rotatable bonds is 4. The molecule has 1 aromatic heterocycles. The molecule has 0 saturated carbocycles. The molecule has 4 nitrogen and oxygen atoms in total. The van der Waals surface area contributed by atoms with Gasteiger partial charge in [-0.15, -0.1) is 0 Å². The molecule has 1 heterocycles. The molecule has 20 heavy (non-hydrogen) atoms. The Morgan fingerprint density at radius 2 is 1.90 bits per heavy atom. The van der Waals surface area contributed by atoms with Crippen molar-refractivity contribution in [3.8, 4) is 0 Å². The zero-order chi connectivity index (χ0) is 14.7. The standard InChI is InChI=1S/C14H15Cl2N3O/c1-2-3-19-8-11(17)7-13(19)14(20)18-12-5-9(15)4-10(16)6-12/h4-8H,2-3,17H2,1H3,(H,18,20). The van der Waals surface area contributed by atoms with E-state index in [0.29, 0.717) is 27.1 Å². The number of anilines is 2. The molecular weight excluding hydrogens is 297 g/mol. The Labute approximate surface area is 127 Å².